The number of carbonyl (C=O) groups is 2. The first-order chi connectivity index (χ1) is 16.0. The zero-order chi connectivity index (χ0) is 22.9. The molecule has 1 fully saturated rings. The smallest absolute Gasteiger partial charge is 0.303 e. The Morgan fingerprint density at radius 1 is 1.06 bits per heavy atom. The normalized spacial score (nSPS) is 14.5. The van der Waals surface area contributed by atoms with Crippen LogP contribution in [0.5, 0.6) is 0 Å². The third kappa shape index (κ3) is 4.49. The SMILES string of the molecule is Cc1ccc(C(NC(=O)Cc2ccc3[nH]cc(CCC(=O)O)c3c2)C2CC2)c2ccccc12. The number of H-pyrrole nitrogens is 1. The van der Waals surface area contributed by atoms with Crippen LogP contribution >= 0.6 is 0 Å². The highest BCUT2D eigenvalue weighted by Gasteiger charge is 2.34. The molecule has 1 unspecified atom stereocenters. The number of hydrogen-bond donors (Lipinski definition) is 3. The highest BCUT2D eigenvalue weighted by atomic mass is 16.4. The van der Waals surface area contributed by atoms with Crippen molar-refractivity contribution < 1.29 is 14.7 Å². The van der Waals surface area contributed by atoms with Gasteiger partial charge in [-0.25, -0.2) is 0 Å². The van der Waals surface area contributed by atoms with E-state index in [0.717, 1.165) is 34.9 Å². The first-order valence-corrected chi connectivity index (χ1v) is 11.6. The highest BCUT2D eigenvalue weighted by molar-refractivity contribution is 5.90. The number of nitrogens with one attached hydrogen (secondary N) is 2. The van der Waals surface area contributed by atoms with E-state index < -0.39 is 5.97 Å². The molecular weight excluding hydrogens is 412 g/mol. The second-order valence-corrected chi connectivity index (χ2v) is 9.16. The van der Waals surface area contributed by atoms with Gasteiger partial charge in [-0.1, -0.05) is 42.5 Å². The monoisotopic (exact) mass is 440 g/mol. The number of hydrogen-bond acceptors (Lipinski definition) is 2. The Labute approximate surface area is 192 Å². The van der Waals surface area contributed by atoms with Crippen molar-refractivity contribution in [2.75, 3.05) is 0 Å². The number of carboxylic acids is 1. The first-order valence-electron chi connectivity index (χ1n) is 11.6. The largest absolute Gasteiger partial charge is 0.481 e. The number of amides is 1. The lowest BCUT2D eigenvalue weighted by molar-refractivity contribution is -0.137. The Balaban J connectivity index is 1.37. The zero-order valence-corrected chi connectivity index (χ0v) is 18.7. The van der Waals surface area contributed by atoms with E-state index in [4.69, 9.17) is 5.11 Å². The maximum Gasteiger partial charge on any atom is 0.303 e. The van der Waals surface area contributed by atoms with Crippen LogP contribution < -0.4 is 5.32 Å². The second kappa shape index (κ2) is 8.74. The fraction of sp³-hybridized carbons (Fsp3) is 0.286. The second-order valence-electron chi connectivity index (χ2n) is 9.16. The van der Waals surface area contributed by atoms with E-state index in [0.29, 0.717) is 18.8 Å². The highest BCUT2D eigenvalue weighted by Crippen LogP contribution is 2.43. The average molecular weight is 441 g/mol. The van der Waals surface area contributed by atoms with Crippen molar-refractivity contribution in [3.63, 3.8) is 0 Å². The zero-order valence-electron chi connectivity index (χ0n) is 18.7. The molecule has 1 aliphatic carbocycles. The van der Waals surface area contributed by atoms with Gasteiger partial charge in [-0.2, -0.15) is 0 Å². The van der Waals surface area contributed by atoms with Gasteiger partial charge in [0.2, 0.25) is 5.91 Å². The molecule has 5 heteroatoms. The third-order valence-corrected chi connectivity index (χ3v) is 6.73. The lowest BCUT2D eigenvalue weighted by Gasteiger charge is -2.21. The Morgan fingerprint density at radius 3 is 2.61 bits per heavy atom. The number of carboxylic acid groups (broad SMARTS) is 1. The number of aryl methyl sites for hydroxylation is 2. The molecule has 1 amide bonds. The summed E-state index contributed by atoms with van der Waals surface area (Å²) in [6.45, 7) is 2.12. The van der Waals surface area contributed by atoms with Crippen molar-refractivity contribution in [1.29, 1.82) is 0 Å². The number of rotatable bonds is 8. The molecule has 0 saturated heterocycles. The number of benzene rings is 3. The van der Waals surface area contributed by atoms with Gasteiger partial charge in [0.1, 0.15) is 0 Å². The van der Waals surface area contributed by atoms with Crippen LogP contribution in [-0.2, 0) is 22.4 Å². The van der Waals surface area contributed by atoms with Crippen LogP contribution in [0.4, 0.5) is 0 Å². The van der Waals surface area contributed by atoms with Gasteiger partial charge in [0.25, 0.3) is 0 Å². The van der Waals surface area contributed by atoms with Gasteiger partial charge in [-0.05, 0) is 77.3 Å². The summed E-state index contributed by atoms with van der Waals surface area (Å²) in [6.07, 6.45) is 4.99. The predicted octanol–water partition coefficient (Wildman–Crippen LogP) is 5.46. The summed E-state index contributed by atoms with van der Waals surface area (Å²) in [5, 5.41) is 15.8. The summed E-state index contributed by atoms with van der Waals surface area (Å²) < 4.78 is 0. The molecule has 1 aliphatic rings. The average Bonchev–Trinajstić information content (AvgIpc) is 3.57. The lowest BCUT2D eigenvalue weighted by Crippen LogP contribution is -2.31. The summed E-state index contributed by atoms with van der Waals surface area (Å²) in [6, 6.07) is 18.7. The summed E-state index contributed by atoms with van der Waals surface area (Å²) in [7, 11) is 0. The number of aliphatic carboxylic acids is 1. The Kier molecular flexibility index (Phi) is 5.63. The van der Waals surface area contributed by atoms with Crippen molar-refractivity contribution in [2.45, 2.75) is 45.1 Å². The number of aromatic nitrogens is 1. The topological polar surface area (TPSA) is 82.2 Å². The van der Waals surface area contributed by atoms with Crippen LogP contribution in [0.25, 0.3) is 21.7 Å². The first kappa shape index (κ1) is 21.3. The van der Waals surface area contributed by atoms with Gasteiger partial charge in [0.05, 0.1) is 12.5 Å². The Morgan fingerprint density at radius 2 is 1.85 bits per heavy atom. The molecule has 5 rings (SSSR count). The van der Waals surface area contributed by atoms with Crippen molar-refractivity contribution in [3.05, 3.63) is 83.0 Å². The van der Waals surface area contributed by atoms with Crippen LogP contribution in [0.1, 0.15) is 47.6 Å². The molecule has 168 valence electrons. The minimum atomic E-state index is -0.811. The summed E-state index contributed by atoms with van der Waals surface area (Å²) >= 11 is 0. The molecule has 0 bridgehead atoms. The molecule has 1 saturated carbocycles. The van der Waals surface area contributed by atoms with E-state index >= 15 is 0 Å². The van der Waals surface area contributed by atoms with Crippen LogP contribution in [0.3, 0.4) is 0 Å². The molecule has 3 N–H and O–H groups in total. The third-order valence-electron chi connectivity index (χ3n) is 6.73. The number of fused-ring (bicyclic) bond motifs is 2. The van der Waals surface area contributed by atoms with Gasteiger partial charge in [0, 0.05) is 23.5 Å². The molecule has 1 heterocycles. The van der Waals surface area contributed by atoms with E-state index in [-0.39, 0.29) is 18.4 Å². The van der Waals surface area contributed by atoms with Crippen LogP contribution in [0, 0.1) is 12.8 Å². The minimum Gasteiger partial charge on any atom is -0.481 e. The fourth-order valence-electron chi connectivity index (χ4n) is 4.82. The Hall–Kier alpha value is -3.60. The maximum absolute atomic E-state index is 13.1. The van der Waals surface area contributed by atoms with E-state index in [1.165, 1.54) is 21.9 Å². The summed E-state index contributed by atoms with van der Waals surface area (Å²) in [5.74, 6) is -0.317. The van der Waals surface area contributed by atoms with Crippen molar-refractivity contribution in [1.82, 2.24) is 10.3 Å². The van der Waals surface area contributed by atoms with Gasteiger partial charge in [-0.3, -0.25) is 9.59 Å². The minimum absolute atomic E-state index is 0.0125. The van der Waals surface area contributed by atoms with Crippen molar-refractivity contribution >= 4 is 33.6 Å². The van der Waals surface area contributed by atoms with Crippen LogP contribution in [0.15, 0.2) is 60.8 Å². The van der Waals surface area contributed by atoms with Crippen molar-refractivity contribution in [2.24, 2.45) is 5.92 Å². The fourth-order valence-corrected chi connectivity index (χ4v) is 4.82. The number of aromatic amines is 1. The van der Waals surface area contributed by atoms with Crippen LogP contribution in [0.2, 0.25) is 0 Å². The molecular formula is C28H28N2O3. The van der Waals surface area contributed by atoms with E-state index in [2.05, 4.69) is 53.6 Å². The van der Waals surface area contributed by atoms with Gasteiger partial charge in [0.15, 0.2) is 0 Å². The van der Waals surface area contributed by atoms with Crippen LogP contribution in [-0.4, -0.2) is 22.0 Å². The molecule has 0 spiro atoms. The molecule has 5 nitrogen and oxygen atoms in total. The van der Waals surface area contributed by atoms with E-state index in [1.54, 1.807) is 0 Å². The van der Waals surface area contributed by atoms with Gasteiger partial charge < -0.3 is 15.4 Å². The van der Waals surface area contributed by atoms with Crippen molar-refractivity contribution in [3.8, 4) is 0 Å². The number of carbonyl (C=O) groups excluding carboxylic acids is 1. The molecule has 4 aromatic rings. The molecule has 0 aliphatic heterocycles. The van der Waals surface area contributed by atoms with E-state index in [9.17, 15) is 9.59 Å². The maximum atomic E-state index is 13.1. The molecule has 3 aromatic carbocycles. The van der Waals surface area contributed by atoms with E-state index in [1.807, 2.05) is 24.4 Å². The lowest BCUT2D eigenvalue weighted by atomic mass is 9.93. The molecule has 33 heavy (non-hydrogen) atoms. The summed E-state index contributed by atoms with van der Waals surface area (Å²) in [5.41, 5.74) is 5.30. The standard InChI is InChI=1S/C28H28N2O3/c1-17-6-11-23(22-5-3-2-4-21(17)22)28(19-8-9-19)30-26(31)15-18-7-12-25-24(14-18)20(16-29-25)10-13-27(32)33/h2-7,11-12,14,16,19,28-29H,8-10,13,15H2,1H3,(H,30,31)(H,32,33). The predicted molar refractivity (Wildman–Crippen MR) is 130 cm³/mol. The van der Waals surface area contributed by atoms with Gasteiger partial charge >= 0.3 is 5.97 Å². The summed E-state index contributed by atoms with van der Waals surface area (Å²) in [4.78, 5) is 27.3. The molecule has 0 radical (unpaired) electrons. The van der Waals surface area contributed by atoms with Gasteiger partial charge in [-0.15, -0.1) is 0 Å². The quantitative estimate of drug-likeness (QED) is 0.340. The molecule has 1 atom stereocenters. The molecule has 1 aromatic heterocycles. The Bertz CT molecular complexity index is 1350.